The zero-order valence-corrected chi connectivity index (χ0v) is 12.1. The summed E-state index contributed by atoms with van der Waals surface area (Å²) in [5.41, 5.74) is 0.584. The lowest BCUT2D eigenvalue weighted by Gasteiger charge is -2.21. The number of hydrogen-bond donors (Lipinski definition) is 1. The van der Waals surface area contributed by atoms with Crippen LogP contribution in [0.3, 0.4) is 0 Å². The van der Waals surface area contributed by atoms with Crippen LogP contribution in [0.4, 0.5) is 27.6 Å². The van der Waals surface area contributed by atoms with Crippen LogP contribution in [0.5, 0.6) is 5.75 Å². The topological polar surface area (TPSA) is 62.1 Å². The third-order valence-electron chi connectivity index (χ3n) is 2.71. The van der Waals surface area contributed by atoms with E-state index in [1.54, 1.807) is 0 Å². The molecule has 0 saturated heterocycles. The first-order valence-electron chi connectivity index (χ1n) is 6.12. The first-order chi connectivity index (χ1) is 10.4. The second kappa shape index (κ2) is 6.80. The van der Waals surface area contributed by atoms with E-state index in [0.29, 0.717) is 11.8 Å². The van der Waals surface area contributed by atoms with E-state index < -0.39 is 24.7 Å². The molecule has 0 aromatic heterocycles. The van der Waals surface area contributed by atoms with Crippen molar-refractivity contribution in [2.75, 3.05) is 18.7 Å². The Morgan fingerprint density at radius 3 is 2.48 bits per heavy atom. The van der Waals surface area contributed by atoms with Crippen molar-refractivity contribution in [1.82, 2.24) is 0 Å². The highest BCUT2D eigenvalue weighted by Gasteiger charge is 2.58. The van der Waals surface area contributed by atoms with Gasteiger partial charge in [-0.25, -0.2) is 4.79 Å². The number of anilines is 1. The van der Waals surface area contributed by atoms with Gasteiger partial charge in [-0.1, -0.05) is 6.07 Å². The summed E-state index contributed by atoms with van der Waals surface area (Å²) >= 11 is 0. The highest BCUT2D eigenvalue weighted by molar-refractivity contribution is 6.22. The van der Waals surface area contributed by atoms with Crippen LogP contribution in [0.25, 0.3) is 0 Å². The summed E-state index contributed by atoms with van der Waals surface area (Å²) < 4.78 is 66.6. The Kier molecular flexibility index (Phi) is 5.51. The number of carboxylic acids is 1. The summed E-state index contributed by atoms with van der Waals surface area (Å²) in [7, 11) is 1.37. The van der Waals surface area contributed by atoms with Gasteiger partial charge in [0.1, 0.15) is 12.0 Å². The molecule has 10 heteroatoms. The fourth-order valence-electron chi connectivity index (χ4n) is 1.40. The smallest absolute Gasteiger partial charge is 0.456 e. The monoisotopic (exact) mass is 340 g/mol. The minimum absolute atomic E-state index is 0.191. The quantitative estimate of drug-likeness (QED) is 0.491. The molecule has 0 spiro atoms. The standard InChI is InChI=1S/C13H13F5N2O3/c1-8-3-4-9(20(2)19-6-11(21)22)5-10(8)23-7-12(14,15)13(16,17)18/h3-6H,7H2,1-2H3,(H,21,22). The van der Waals surface area contributed by atoms with Gasteiger partial charge in [0, 0.05) is 13.1 Å². The summed E-state index contributed by atoms with van der Waals surface area (Å²) in [5, 5.41) is 13.1. The first-order valence-corrected chi connectivity index (χ1v) is 6.12. The molecule has 0 aliphatic carbocycles. The van der Waals surface area contributed by atoms with Crippen molar-refractivity contribution in [1.29, 1.82) is 0 Å². The molecule has 0 fully saturated rings. The lowest BCUT2D eigenvalue weighted by molar-refractivity contribution is -0.290. The molecule has 1 aromatic rings. The second-order valence-electron chi connectivity index (χ2n) is 4.55. The van der Waals surface area contributed by atoms with Crippen LogP contribution in [0.1, 0.15) is 5.56 Å². The van der Waals surface area contributed by atoms with Gasteiger partial charge >= 0.3 is 18.1 Å². The van der Waals surface area contributed by atoms with Crippen LogP contribution in [-0.2, 0) is 4.79 Å². The summed E-state index contributed by atoms with van der Waals surface area (Å²) in [5.74, 6) is -6.47. The lowest BCUT2D eigenvalue weighted by Crippen LogP contribution is -2.41. The summed E-state index contributed by atoms with van der Waals surface area (Å²) in [6, 6.07) is 4.08. The number of ether oxygens (including phenoxy) is 1. The van der Waals surface area contributed by atoms with Crippen LogP contribution in [0.15, 0.2) is 23.3 Å². The van der Waals surface area contributed by atoms with Crippen molar-refractivity contribution in [3.8, 4) is 5.75 Å². The molecule has 5 nitrogen and oxygen atoms in total. The highest BCUT2D eigenvalue weighted by atomic mass is 19.4. The molecule has 0 heterocycles. The number of carbonyl (C=O) groups is 1. The predicted octanol–water partition coefficient (Wildman–Crippen LogP) is 3.08. The fraction of sp³-hybridized carbons (Fsp3) is 0.385. The number of carboxylic acid groups (broad SMARTS) is 1. The van der Waals surface area contributed by atoms with Gasteiger partial charge in [0.05, 0.1) is 5.69 Å². The number of aryl methyl sites for hydroxylation is 1. The summed E-state index contributed by atoms with van der Waals surface area (Å²) in [6.45, 7) is -0.395. The third-order valence-corrected chi connectivity index (χ3v) is 2.71. The molecule has 0 aliphatic rings. The molecular formula is C13H13F5N2O3. The van der Waals surface area contributed by atoms with E-state index in [1.807, 2.05) is 0 Å². The number of hydrazone groups is 1. The Morgan fingerprint density at radius 1 is 1.35 bits per heavy atom. The van der Waals surface area contributed by atoms with Crippen molar-refractivity contribution in [2.24, 2.45) is 5.10 Å². The number of hydrogen-bond acceptors (Lipinski definition) is 4. The van der Waals surface area contributed by atoms with Crippen molar-refractivity contribution in [3.63, 3.8) is 0 Å². The van der Waals surface area contributed by atoms with Crippen molar-refractivity contribution >= 4 is 17.9 Å². The molecule has 1 rings (SSSR count). The van der Waals surface area contributed by atoms with E-state index in [1.165, 1.54) is 32.2 Å². The minimum Gasteiger partial charge on any atom is -0.487 e. The lowest BCUT2D eigenvalue weighted by atomic mass is 10.2. The van der Waals surface area contributed by atoms with Crippen molar-refractivity contribution in [2.45, 2.75) is 19.0 Å². The Morgan fingerprint density at radius 2 is 1.96 bits per heavy atom. The molecular weight excluding hydrogens is 327 g/mol. The minimum atomic E-state index is -5.71. The van der Waals surface area contributed by atoms with E-state index in [9.17, 15) is 26.7 Å². The van der Waals surface area contributed by atoms with Gasteiger partial charge in [-0.2, -0.15) is 27.1 Å². The van der Waals surface area contributed by atoms with E-state index in [2.05, 4.69) is 9.84 Å². The maximum Gasteiger partial charge on any atom is 0.456 e. The van der Waals surface area contributed by atoms with E-state index in [0.717, 1.165) is 5.01 Å². The number of rotatable bonds is 6. The van der Waals surface area contributed by atoms with Gasteiger partial charge < -0.3 is 9.84 Å². The fourth-order valence-corrected chi connectivity index (χ4v) is 1.40. The molecule has 0 bridgehead atoms. The largest absolute Gasteiger partial charge is 0.487 e. The molecule has 0 radical (unpaired) electrons. The van der Waals surface area contributed by atoms with Gasteiger partial charge in [-0.05, 0) is 18.6 Å². The van der Waals surface area contributed by atoms with Crippen LogP contribution in [-0.4, -0.2) is 43.0 Å². The van der Waals surface area contributed by atoms with E-state index in [4.69, 9.17) is 5.11 Å². The average Bonchev–Trinajstić information content (AvgIpc) is 2.42. The number of halogens is 5. The zero-order valence-electron chi connectivity index (χ0n) is 12.1. The van der Waals surface area contributed by atoms with Gasteiger partial charge in [0.25, 0.3) is 0 Å². The van der Waals surface area contributed by atoms with Gasteiger partial charge in [-0.3, -0.25) is 5.01 Å². The van der Waals surface area contributed by atoms with E-state index in [-0.39, 0.29) is 11.4 Å². The second-order valence-corrected chi connectivity index (χ2v) is 4.55. The van der Waals surface area contributed by atoms with Crippen LogP contribution >= 0.6 is 0 Å². The molecule has 23 heavy (non-hydrogen) atoms. The highest BCUT2D eigenvalue weighted by Crippen LogP contribution is 2.36. The molecule has 1 N–H and O–H groups in total. The van der Waals surface area contributed by atoms with Crippen LogP contribution in [0, 0.1) is 6.92 Å². The molecule has 0 aliphatic heterocycles. The molecule has 128 valence electrons. The zero-order chi connectivity index (χ0) is 17.8. The predicted molar refractivity (Wildman–Crippen MR) is 72.2 cm³/mol. The Balaban J connectivity index is 2.92. The number of benzene rings is 1. The third kappa shape index (κ3) is 5.08. The molecule has 0 unspecified atom stereocenters. The maximum absolute atomic E-state index is 12.9. The number of alkyl halides is 5. The number of aliphatic carboxylic acids is 1. The van der Waals surface area contributed by atoms with Gasteiger partial charge in [0.2, 0.25) is 0 Å². The van der Waals surface area contributed by atoms with E-state index >= 15 is 0 Å². The molecule has 1 aromatic carbocycles. The Labute approximate surface area is 128 Å². The van der Waals surface area contributed by atoms with Crippen molar-refractivity contribution in [3.05, 3.63) is 23.8 Å². The molecule has 0 saturated carbocycles. The van der Waals surface area contributed by atoms with Gasteiger partial charge in [0.15, 0.2) is 6.61 Å². The Hall–Kier alpha value is -2.39. The summed E-state index contributed by atoms with van der Waals surface area (Å²) in [6.07, 6.45) is -5.11. The van der Waals surface area contributed by atoms with Crippen molar-refractivity contribution < 1.29 is 36.6 Å². The maximum atomic E-state index is 12.9. The Bertz CT molecular complexity index is 602. The normalized spacial score (nSPS) is 12.5. The number of nitrogens with zero attached hydrogens (tertiary/aromatic N) is 2. The average molecular weight is 340 g/mol. The van der Waals surface area contributed by atoms with Crippen LogP contribution in [0.2, 0.25) is 0 Å². The SMILES string of the molecule is Cc1ccc(N(C)N=CC(=O)O)cc1OCC(F)(F)C(F)(F)F. The first kappa shape index (κ1) is 18.7. The molecule has 0 amide bonds. The van der Waals surface area contributed by atoms with Crippen LogP contribution < -0.4 is 9.75 Å². The van der Waals surface area contributed by atoms with Gasteiger partial charge in [-0.15, -0.1) is 0 Å². The molecule has 0 atom stereocenters. The summed E-state index contributed by atoms with van der Waals surface area (Å²) in [4.78, 5) is 10.4.